The highest BCUT2D eigenvalue weighted by atomic mass is 16.1. The number of hydrogen-bond acceptors (Lipinski definition) is 10. The van der Waals surface area contributed by atoms with Gasteiger partial charge in [-0.2, -0.15) is 19.3 Å². The van der Waals surface area contributed by atoms with Gasteiger partial charge in [0.25, 0.3) is 11.1 Å². The smallest absolute Gasteiger partial charge is 0.289 e. The van der Waals surface area contributed by atoms with Gasteiger partial charge in [-0.25, -0.2) is 9.13 Å². The van der Waals surface area contributed by atoms with Crippen LogP contribution < -0.4 is 20.9 Å². The molecule has 0 aliphatic carbocycles. The van der Waals surface area contributed by atoms with Crippen molar-refractivity contribution in [1.82, 2.24) is 49.1 Å². The Morgan fingerprint density at radius 3 is 1.29 bits per heavy atom. The minimum absolute atomic E-state index is 0.170. The first-order valence-corrected chi connectivity index (χ1v) is 17.0. The van der Waals surface area contributed by atoms with Crippen molar-refractivity contribution < 1.29 is 0 Å². The molecule has 1 aliphatic heterocycles. The van der Waals surface area contributed by atoms with Gasteiger partial charge >= 0.3 is 0 Å². The van der Waals surface area contributed by atoms with Gasteiger partial charge in [-0.15, -0.1) is 10.2 Å². The minimum Gasteiger partial charge on any atom is -0.338 e. The first-order chi connectivity index (χ1) is 25.5. The molecule has 14 nitrogen and oxygen atoms in total. The van der Waals surface area contributed by atoms with Crippen molar-refractivity contribution in [2.45, 2.75) is 25.9 Å². The van der Waals surface area contributed by atoms with Gasteiger partial charge in [0.05, 0.1) is 22.7 Å². The Bertz CT molecular complexity index is 2660. The molecule has 1 fully saturated rings. The van der Waals surface area contributed by atoms with E-state index in [9.17, 15) is 9.59 Å². The summed E-state index contributed by atoms with van der Waals surface area (Å²) in [4.78, 5) is 43.1. The molecule has 2 atom stereocenters. The second kappa shape index (κ2) is 12.4. The summed E-state index contributed by atoms with van der Waals surface area (Å²) in [5, 5.41) is 17.3. The molecule has 14 heteroatoms. The summed E-state index contributed by atoms with van der Waals surface area (Å²) < 4.78 is 6.42. The van der Waals surface area contributed by atoms with E-state index in [1.165, 1.54) is 0 Å². The predicted molar refractivity (Wildman–Crippen MR) is 198 cm³/mol. The average molecular weight is 689 g/mol. The summed E-state index contributed by atoms with van der Waals surface area (Å²) in [5.74, 6) is 0.940. The number of para-hydroxylation sites is 4. The molecule has 2 unspecified atom stereocenters. The largest absolute Gasteiger partial charge is 0.338 e. The summed E-state index contributed by atoms with van der Waals surface area (Å²) in [5.41, 5.74) is 3.27. The molecule has 0 radical (unpaired) electrons. The maximum atomic E-state index is 14.3. The van der Waals surface area contributed by atoms with E-state index < -0.39 is 0 Å². The van der Waals surface area contributed by atoms with Crippen LogP contribution in [0.15, 0.2) is 131 Å². The van der Waals surface area contributed by atoms with Crippen LogP contribution in [0.2, 0.25) is 0 Å². The molecule has 1 saturated heterocycles. The van der Waals surface area contributed by atoms with E-state index in [1.807, 2.05) is 121 Å². The fourth-order valence-electron chi connectivity index (χ4n) is 7.09. The van der Waals surface area contributed by atoms with Crippen molar-refractivity contribution in [3.63, 3.8) is 0 Å². The Morgan fingerprint density at radius 1 is 0.500 bits per heavy atom. The van der Waals surface area contributed by atoms with Gasteiger partial charge in [0, 0.05) is 25.2 Å². The summed E-state index contributed by atoms with van der Waals surface area (Å²) in [6, 6.07) is 37.6. The molecule has 4 aromatic carbocycles. The van der Waals surface area contributed by atoms with Crippen LogP contribution in [-0.2, 0) is 0 Å². The number of hydrogen-bond donors (Lipinski definition) is 0. The van der Waals surface area contributed by atoms with Crippen LogP contribution in [0.1, 0.15) is 13.8 Å². The Kier molecular flexibility index (Phi) is 7.42. The van der Waals surface area contributed by atoms with Gasteiger partial charge in [-0.3, -0.25) is 9.59 Å². The van der Waals surface area contributed by atoms with E-state index in [1.54, 1.807) is 18.5 Å². The third-order valence-electron chi connectivity index (χ3n) is 9.38. The lowest BCUT2D eigenvalue weighted by atomic mass is 10.1. The van der Waals surface area contributed by atoms with Gasteiger partial charge in [0.15, 0.2) is 22.3 Å². The molecule has 52 heavy (non-hydrogen) atoms. The van der Waals surface area contributed by atoms with Crippen molar-refractivity contribution in [3.05, 3.63) is 142 Å². The van der Waals surface area contributed by atoms with Crippen LogP contribution in [0, 0.1) is 0 Å². The average Bonchev–Trinajstić information content (AvgIpc) is 3.81. The van der Waals surface area contributed by atoms with Crippen LogP contribution in [0.25, 0.3) is 45.1 Å². The molecule has 4 aromatic heterocycles. The molecule has 0 saturated carbocycles. The molecule has 256 valence electrons. The SMILES string of the molecule is CC1CN(c2nc3c(nnn3-c3ccccc3)c(=O)n2-c2ccccc2)CC(C)N1c1nc2c(nnn2-c2ccccc2)c(=O)n1-c1ccccc1. The van der Waals surface area contributed by atoms with Crippen molar-refractivity contribution in [2.75, 3.05) is 22.9 Å². The van der Waals surface area contributed by atoms with Crippen molar-refractivity contribution in [1.29, 1.82) is 0 Å². The van der Waals surface area contributed by atoms with Crippen molar-refractivity contribution >= 4 is 34.2 Å². The molecule has 1 aliphatic rings. The number of piperazine rings is 1. The van der Waals surface area contributed by atoms with Gasteiger partial charge in [-0.05, 0) is 62.4 Å². The monoisotopic (exact) mass is 688 g/mol. The third kappa shape index (κ3) is 5.02. The fraction of sp³-hybridized carbons (Fsp3) is 0.158. The Labute approximate surface area is 296 Å². The molecule has 0 amide bonds. The molecule has 0 bridgehead atoms. The van der Waals surface area contributed by atoms with Crippen molar-refractivity contribution in [2.24, 2.45) is 0 Å². The zero-order chi connectivity index (χ0) is 35.3. The van der Waals surface area contributed by atoms with E-state index >= 15 is 0 Å². The fourth-order valence-corrected chi connectivity index (χ4v) is 7.09. The zero-order valence-corrected chi connectivity index (χ0v) is 28.3. The second-order valence-electron chi connectivity index (χ2n) is 12.8. The number of anilines is 2. The van der Waals surface area contributed by atoms with Crippen molar-refractivity contribution in [3.8, 4) is 22.7 Å². The van der Waals surface area contributed by atoms with Gasteiger partial charge < -0.3 is 9.80 Å². The van der Waals surface area contributed by atoms with Gasteiger partial charge in [0.1, 0.15) is 0 Å². The quantitative estimate of drug-likeness (QED) is 0.248. The second-order valence-corrected chi connectivity index (χ2v) is 12.8. The van der Waals surface area contributed by atoms with Crippen LogP contribution in [0.3, 0.4) is 0 Å². The topological polar surface area (TPSA) is 138 Å². The zero-order valence-electron chi connectivity index (χ0n) is 28.3. The van der Waals surface area contributed by atoms with Crippen LogP contribution in [0.5, 0.6) is 0 Å². The van der Waals surface area contributed by atoms with E-state index in [-0.39, 0.29) is 34.2 Å². The summed E-state index contributed by atoms with van der Waals surface area (Å²) in [6.45, 7) is 5.09. The summed E-state index contributed by atoms with van der Waals surface area (Å²) >= 11 is 0. The number of nitrogens with zero attached hydrogens (tertiary/aromatic N) is 12. The highest BCUT2D eigenvalue weighted by Crippen LogP contribution is 2.30. The Hall–Kier alpha value is -6.96. The van der Waals surface area contributed by atoms with E-state index in [0.717, 1.165) is 11.4 Å². The lowest BCUT2D eigenvalue weighted by molar-refractivity contribution is 0.455. The molecule has 0 spiro atoms. The van der Waals surface area contributed by atoms with Crippen LogP contribution in [0.4, 0.5) is 11.9 Å². The number of aromatic nitrogens is 10. The van der Waals surface area contributed by atoms with E-state index in [2.05, 4.69) is 44.3 Å². The number of benzene rings is 4. The van der Waals surface area contributed by atoms with Crippen LogP contribution >= 0.6 is 0 Å². The summed E-state index contributed by atoms with van der Waals surface area (Å²) in [6.07, 6.45) is 0. The molecular formula is C38H32N12O2. The Morgan fingerprint density at radius 2 is 0.865 bits per heavy atom. The minimum atomic E-state index is -0.318. The third-order valence-corrected chi connectivity index (χ3v) is 9.38. The molecule has 9 rings (SSSR count). The maximum absolute atomic E-state index is 14.3. The molecule has 8 aromatic rings. The summed E-state index contributed by atoms with van der Waals surface area (Å²) in [7, 11) is 0. The molecule has 5 heterocycles. The normalized spacial score (nSPS) is 16.2. The van der Waals surface area contributed by atoms with Gasteiger partial charge in [-0.1, -0.05) is 83.2 Å². The highest BCUT2D eigenvalue weighted by molar-refractivity contribution is 5.75. The highest BCUT2D eigenvalue weighted by Gasteiger charge is 2.36. The Balaban J connectivity index is 1.19. The maximum Gasteiger partial charge on any atom is 0.289 e. The van der Waals surface area contributed by atoms with E-state index in [4.69, 9.17) is 9.97 Å². The van der Waals surface area contributed by atoms with E-state index in [0.29, 0.717) is 47.7 Å². The first kappa shape index (κ1) is 31.1. The standard InChI is InChI=1S/C38H32N12O2/c1-25-23-45(37-39-33-31(35(51)47(37)27-15-7-3-8-16-27)41-43-49(33)29-19-11-5-12-20-29)24-26(2)46(25)38-40-34-32(36(52)48(38)28-17-9-4-10-18-28)42-44-50(34)30-21-13-6-14-22-30/h3-22,25-26H,23-24H2,1-2H3. The van der Waals surface area contributed by atoms with Crippen LogP contribution in [-0.4, -0.2) is 74.3 Å². The molecular weight excluding hydrogens is 656 g/mol. The lowest BCUT2D eigenvalue weighted by Gasteiger charge is -2.46. The first-order valence-electron chi connectivity index (χ1n) is 17.0. The number of fused-ring (bicyclic) bond motifs is 2. The lowest BCUT2D eigenvalue weighted by Crippen LogP contribution is -2.59. The van der Waals surface area contributed by atoms with Gasteiger partial charge in [0.2, 0.25) is 11.9 Å². The molecule has 0 N–H and O–H groups in total. The predicted octanol–water partition coefficient (Wildman–Crippen LogP) is 4.35. The number of rotatable bonds is 6.